The number of hydrogen-bond donors (Lipinski definition) is 1. The first-order chi connectivity index (χ1) is 11.1. The van der Waals surface area contributed by atoms with E-state index in [2.05, 4.69) is 34.3 Å². The molecule has 0 amide bonds. The average Bonchev–Trinajstić information content (AvgIpc) is 2.56. The molecule has 0 aliphatic heterocycles. The van der Waals surface area contributed by atoms with E-state index < -0.39 is 0 Å². The number of nitrogens with zero attached hydrogens (tertiary/aromatic N) is 3. The predicted molar refractivity (Wildman–Crippen MR) is 98.1 cm³/mol. The molecule has 4 nitrogen and oxygen atoms in total. The second-order valence-corrected chi connectivity index (χ2v) is 7.12. The van der Waals surface area contributed by atoms with E-state index in [1.807, 2.05) is 26.2 Å². The molecule has 1 aromatic carbocycles. The molecule has 124 valence electrons. The third kappa shape index (κ3) is 3.92. The molecule has 0 bridgehead atoms. The Morgan fingerprint density at radius 1 is 1.09 bits per heavy atom. The molecule has 3 rings (SSSR count). The Balaban J connectivity index is 1.66. The van der Waals surface area contributed by atoms with Gasteiger partial charge >= 0.3 is 0 Å². The molecule has 1 aromatic heterocycles. The van der Waals surface area contributed by atoms with Crippen LogP contribution in [0.1, 0.15) is 39.0 Å². The van der Waals surface area contributed by atoms with E-state index in [0.717, 1.165) is 41.0 Å². The Bertz CT molecular complexity index is 645. The van der Waals surface area contributed by atoms with Gasteiger partial charge in [0.1, 0.15) is 5.82 Å². The van der Waals surface area contributed by atoms with Gasteiger partial charge in [0.15, 0.2) is 0 Å². The van der Waals surface area contributed by atoms with Gasteiger partial charge in [-0.15, -0.1) is 0 Å². The fraction of sp³-hybridized carbons (Fsp3) is 0.579. The zero-order valence-corrected chi connectivity index (χ0v) is 14.5. The molecule has 0 saturated heterocycles. The van der Waals surface area contributed by atoms with Crippen LogP contribution >= 0.6 is 0 Å². The van der Waals surface area contributed by atoms with E-state index in [1.54, 1.807) is 0 Å². The van der Waals surface area contributed by atoms with Gasteiger partial charge in [0.2, 0.25) is 5.95 Å². The molecule has 1 aliphatic rings. The van der Waals surface area contributed by atoms with Crippen LogP contribution in [0.15, 0.2) is 24.3 Å². The summed E-state index contributed by atoms with van der Waals surface area (Å²) >= 11 is 0. The van der Waals surface area contributed by atoms with Crippen molar-refractivity contribution in [1.82, 2.24) is 9.97 Å². The van der Waals surface area contributed by atoms with Crippen LogP contribution in [0.2, 0.25) is 0 Å². The van der Waals surface area contributed by atoms with E-state index >= 15 is 0 Å². The third-order valence-electron chi connectivity index (χ3n) is 4.98. The Kier molecular flexibility index (Phi) is 4.99. The number of anilines is 2. The van der Waals surface area contributed by atoms with Crippen LogP contribution < -0.4 is 10.2 Å². The average molecular weight is 312 g/mol. The van der Waals surface area contributed by atoms with Gasteiger partial charge in [0.25, 0.3) is 0 Å². The van der Waals surface area contributed by atoms with E-state index in [0.29, 0.717) is 0 Å². The number of nitrogens with one attached hydrogen (secondary N) is 1. The molecule has 1 N–H and O–H groups in total. The molecule has 2 aromatic rings. The van der Waals surface area contributed by atoms with E-state index in [-0.39, 0.29) is 0 Å². The first-order valence-electron chi connectivity index (χ1n) is 8.81. The SMILES string of the molecule is CC1CCC(CCNc2nc(N(C)C)c3ccccc3n2)CC1. The molecule has 1 heterocycles. The van der Waals surface area contributed by atoms with Gasteiger partial charge in [-0.2, -0.15) is 4.98 Å². The molecule has 0 radical (unpaired) electrons. The Labute approximate surface area is 139 Å². The van der Waals surface area contributed by atoms with Crippen LogP contribution in [-0.4, -0.2) is 30.6 Å². The normalized spacial score (nSPS) is 21.3. The highest BCUT2D eigenvalue weighted by atomic mass is 15.2. The van der Waals surface area contributed by atoms with Crippen LogP contribution in [0, 0.1) is 11.8 Å². The lowest BCUT2D eigenvalue weighted by molar-refractivity contribution is 0.282. The van der Waals surface area contributed by atoms with Crippen molar-refractivity contribution in [3.8, 4) is 0 Å². The zero-order chi connectivity index (χ0) is 16.2. The second-order valence-electron chi connectivity index (χ2n) is 7.12. The maximum atomic E-state index is 4.70. The highest BCUT2D eigenvalue weighted by molar-refractivity contribution is 5.90. The summed E-state index contributed by atoms with van der Waals surface area (Å²) in [6, 6.07) is 8.20. The third-order valence-corrected chi connectivity index (χ3v) is 4.98. The van der Waals surface area contributed by atoms with Gasteiger partial charge in [-0.05, 0) is 30.4 Å². The maximum absolute atomic E-state index is 4.70. The van der Waals surface area contributed by atoms with Crippen LogP contribution in [0.3, 0.4) is 0 Å². The van der Waals surface area contributed by atoms with Crippen LogP contribution in [0.25, 0.3) is 10.9 Å². The van der Waals surface area contributed by atoms with Crippen LogP contribution in [0.5, 0.6) is 0 Å². The van der Waals surface area contributed by atoms with Crippen molar-refractivity contribution in [3.05, 3.63) is 24.3 Å². The molecular weight excluding hydrogens is 284 g/mol. The molecule has 0 unspecified atom stereocenters. The van der Waals surface area contributed by atoms with Crippen LogP contribution in [0.4, 0.5) is 11.8 Å². The Hall–Kier alpha value is -1.84. The summed E-state index contributed by atoms with van der Waals surface area (Å²) in [5, 5.41) is 4.54. The molecule has 0 atom stereocenters. The van der Waals surface area contributed by atoms with Gasteiger partial charge in [0.05, 0.1) is 5.52 Å². The topological polar surface area (TPSA) is 41.1 Å². The van der Waals surface area contributed by atoms with Crippen molar-refractivity contribution in [2.45, 2.75) is 39.0 Å². The number of para-hydroxylation sites is 1. The Morgan fingerprint density at radius 3 is 2.57 bits per heavy atom. The van der Waals surface area contributed by atoms with Gasteiger partial charge in [0, 0.05) is 26.0 Å². The van der Waals surface area contributed by atoms with E-state index in [1.165, 1.54) is 32.1 Å². The molecule has 1 aliphatic carbocycles. The molecule has 1 saturated carbocycles. The van der Waals surface area contributed by atoms with Crippen molar-refractivity contribution in [2.24, 2.45) is 11.8 Å². The van der Waals surface area contributed by atoms with Crippen molar-refractivity contribution in [2.75, 3.05) is 30.9 Å². The molecule has 1 fully saturated rings. The van der Waals surface area contributed by atoms with Gasteiger partial charge in [-0.3, -0.25) is 0 Å². The lowest BCUT2D eigenvalue weighted by Crippen LogP contribution is -2.17. The summed E-state index contributed by atoms with van der Waals surface area (Å²) in [4.78, 5) is 11.4. The Morgan fingerprint density at radius 2 is 1.83 bits per heavy atom. The lowest BCUT2D eigenvalue weighted by Gasteiger charge is -2.26. The predicted octanol–water partition coefficient (Wildman–Crippen LogP) is 4.32. The van der Waals surface area contributed by atoms with Gasteiger partial charge < -0.3 is 10.2 Å². The quantitative estimate of drug-likeness (QED) is 0.892. The summed E-state index contributed by atoms with van der Waals surface area (Å²) in [6.45, 7) is 3.34. The van der Waals surface area contributed by atoms with Gasteiger partial charge in [-0.1, -0.05) is 44.7 Å². The largest absolute Gasteiger partial charge is 0.362 e. The minimum absolute atomic E-state index is 0.747. The smallest absolute Gasteiger partial charge is 0.225 e. The molecule has 4 heteroatoms. The van der Waals surface area contributed by atoms with E-state index in [4.69, 9.17) is 4.98 Å². The van der Waals surface area contributed by atoms with Gasteiger partial charge in [-0.25, -0.2) is 4.98 Å². The highest BCUT2D eigenvalue weighted by Gasteiger charge is 2.18. The lowest BCUT2D eigenvalue weighted by atomic mass is 9.81. The summed E-state index contributed by atoms with van der Waals surface area (Å²) < 4.78 is 0. The number of benzene rings is 1. The highest BCUT2D eigenvalue weighted by Crippen LogP contribution is 2.30. The minimum Gasteiger partial charge on any atom is -0.362 e. The van der Waals surface area contributed by atoms with Crippen molar-refractivity contribution < 1.29 is 0 Å². The molecular formula is C19H28N4. The van der Waals surface area contributed by atoms with Crippen molar-refractivity contribution in [1.29, 1.82) is 0 Å². The first-order valence-corrected chi connectivity index (χ1v) is 8.81. The van der Waals surface area contributed by atoms with Crippen molar-refractivity contribution >= 4 is 22.7 Å². The first kappa shape index (κ1) is 16.0. The number of rotatable bonds is 5. The standard InChI is InChI=1S/C19H28N4/c1-14-8-10-15(11-9-14)12-13-20-19-21-17-7-5-4-6-16(17)18(22-19)23(2)3/h4-7,14-15H,8-13H2,1-3H3,(H,20,21,22). The second kappa shape index (κ2) is 7.16. The fourth-order valence-corrected chi connectivity index (χ4v) is 3.49. The number of fused-ring (bicyclic) bond motifs is 1. The maximum Gasteiger partial charge on any atom is 0.225 e. The number of hydrogen-bond acceptors (Lipinski definition) is 4. The zero-order valence-electron chi connectivity index (χ0n) is 14.5. The summed E-state index contributed by atoms with van der Waals surface area (Å²) in [7, 11) is 4.06. The molecule has 23 heavy (non-hydrogen) atoms. The van der Waals surface area contributed by atoms with E-state index in [9.17, 15) is 0 Å². The summed E-state index contributed by atoms with van der Waals surface area (Å²) in [6.07, 6.45) is 6.76. The molecule has 0 spiro atoms. The monoisotopic (exact) mass is 312 g/mol. The minimum atomic E-state index is 0.747. The summed E-state index contributed by atoms with van der Waals surface area (Å²) in [5.41, 5.74) is 1.00. The number of aromatic nitrogens is 2. The summed E-state index contributed by atoms with van der Waals surface area (Å²) in [5.74, 6) is 3.51. The van der Waals surface area contributed by atoms with Crippen LogP contribution in [-0.2, 0) is 0 Å². The fourth-order valence-electron chi connectivity index (χ4n) is 3.49. The van der Waals surface area contributed by atoms with Crippen molar-refractivity contribution in [3.63, 3.8) is 0 Å².